The van der Waals surface area contributed by atoms with E-state index in [2.05, 4.69) is 20.2 Å². The van der Waals surface area contributed by atoms with Crippen molar-refractivity contribution in [1.29, 1.82) is 0 Å². The molecule has 0 aliphatic carbocycles. The maximum atomic E-state index is 14.1. The molecule has 1 aliphatic rings. The van der Waals surface area contributed by atoms with E-state index in [9.17, 15) is 22.9 Å². The number of aromatic nitrogens is 2. The van der Waals surface area contributed by atoms with Crippen molar-refractivity contribution >= 4 is 33.0 Å². The number of para-hydroxylation sites is 1. The number of nitrogens with zero attached hydrogens (tertiary/aromatic N) is 5. The monoisotopic (exact) mass is 487 g/mol. The van der Waals surface area contributed by atoms with E-state index in [0.717, 1.165) is 11.9 Å². The fraction of sp³-hybridized carbons (Fsp3) is 0.238. The second-order valence-corrected chi connectivity index (χ2v) is 9.30. The summed E-state index contributed by atoms with van der Waals surface area (Å²) in [5.41, 5.74) is 3.24. The molecule has 1 saturated heterocycles. The number of sulfonamides is 1. The predicted octanol–water partition coefficient (Wildman–Crippen LogP) is 2.46. The number of hydrazine groups is 1. The SMILES string of the molecule is Cc1ccc(S(=O)(=O)NNc2ncnc(N3CCN(c4ccccc4F)CC3)c2[N+](=O)[O-])cc1. The van der Waals surface area contributed by atoms with Crippen LogP contribution < -0.4 is 20.1 Å². The lowest BCUT2D eigenvalue weighted by Crippen LogP contribution is -2.47. The summed E-state index contributed by atoms with van der Waals surface area (Å²) in [6.07, 6.45) is 1.12. The summed E-state index contributed by atoms with van der Waals surface area (Å²) in [6.45, 7) is 3.36. The van der Waals surface area contributed by atoms with E-state index < -0.39 is 20.6 Å². The minimum Gasteiger partial charge on any atom is -0.366 e. The third-order valence-corrected chi connectivity index (χ3v) is 6.66. The highest BCUT2D eigenvalue weighted by Gasteiger charge is 2.30. The Hall–Kier alpha value is -3.84. The summed E-state index contributed by atoms with van der Waals surface area (Å²) >= 11 is 0. The molecular formula is C21H22FN7O4S. The number of halogens is 1. The number of anilines is 3. The molecule has 2 heterocycles. The maximum absolute atomic E-state index is 14.1. The normalized spacial score (nSPS) is 14.2. The van der Waals surface area contributed by atoms with Gasteiger partial charge in [0.25, 0.3) is 10.0 Å². The van der Waals surface area contributed by atoms with Crippen LogP contribution in [0.3, 0.4) is 0 Å². The fourth-order valence-electron chi connectivity index (χ4n) is 3.62. The molecule has 11 nitrogen and oxygen atoms in total. The molecule has 0 atom stereocenters. The highest BCUT2D eigenvalue weighted by Crippen LogP contribution is 2.32. The lowest BCUT2D eigenvalue weighted by atomic mass is 10.2. The van der Waals surface area contributed by atoms with Crippen LogP contribution in [0.2, 0.25) is 0 Å². The van der Waals surface area contributed by atoms with E-state index in [1.54, 1.807) is 35.2 Å². The third-order valence-electron chi connectivity index (χ3n) is 5.39. The topological polar surface area (TPSA) is 134 Å². The van der Waals surface area contributed by atoms with Gasteiger partial charge in [0.1, 0.15) is 12.1 Å². The predicted molar refractivity (Wildman–Crippen MR) is 125 cm³/mol. The van der Waals surface area contributed by atoms with Crippen LogP contribution in [0.5, 0.6) is 0 Å². The number of aryl methyl sites for hydroxylation is 1. The van der Waals surface area contributed by atoms with E-state index in [0.29, 0.717) is 31.9 Å². The molecule has 0 saturated carbocycles. The standard InChI is InChI=1S/C21H22FN7O4S/c1-15-6-8-16(9-7-15)34(32,33)26-25-20-19(29(30)31)21(24-14-23-20)28-12-10-27(11-13-28)18-5-3-2-4-17(18)22/h2-9,14,26H,10-13H2,1H3,(H,23,24,25). The number of piperazine rings is 1. The summed E-state index contributed by atoms with van der Waals surface area (Å²) in [5, 5.41) is 11.9. The highest BCUT2D eigenvalue weighted by atomic mass is 32.2. The van der Waals surface area contributed by atoms with Gasteiger partial charge in [-0.25, -0.2) is 22.8 Å². The summed E-state index contributed by atoms with van der Waals surface area (Å²) in [6, 6.07) is 12.5. The van der Waals surface area contributed by atoms with Crippen molar-refractivity contribution in [2.45, 2.75) is 11.8 Å². The summed E-state index contributed by atoms with van der Waals surface area (Å²) in [5.74, 6) is -0.580. The smallest absolute Gasteiger partial charge is 0.354 e. The molecule has 3 aromatic rings. The van der Waals surface area contributed by atoms with Crippen molar-refractivity contribution in [3.8, 4) is 0 Å². The van der Waals surface area contributed by atoms with Crippen molar-refractivity contribution in [3.63, 3.8) is 0 Å². The van der Waals surface area contributed by atoms with Crippen molar-refractivity contribution < 1.29 is 17.7 Å². The van der Waals surface area contributed by atoms with Crippen LogP contribution in [-0.4, -0.2) is 49.5 Å². The van der Waals surface area contributed by atoms with Crippen LogP contribution in [0.1, 0.15) is 5.56 Å². The van der Waals surface area contributed by atoms with Gasteiger partial charge in [0.15, 0.2) is 0 Å². The summed E-state index contributed by atoms with van der Waals surface area (Å²) < 4.78 is 39.2. The molecule has 0 radical (unpaired) electrons. The molecule has 1 aromatic heterocycles. The number of nitro groups is 1. The average Bonchev–Trinajstić information content (AvgIpc) is 2.83. The number of benzene rings is 2. The quantitative estimate of drug-likeness (QED) is 0.381. The lowest BCUT2D eigenvalue weighted by Gasteiger charge is -2.36. The Bertz CT molecular complexity index is 1300. The number of hydrogen-bond acceptors (Lipinski definition) is 9. The number of rotatable bonds is 7. The molecule has 0 amide bonds. The molecule has 34 heavy (non-hydrogen) atoms. The van der Waals surface area contributed by atoms with Crippen molar-refractivity contribution in [2.24, 2.45) is 0 Å². The zero-order chi connectivity index (χ0) is 24.3. The van der Waals surface area contributed by atoms with Crippen molar-refractivity contribution in [1.82, 2.24) is 14.8 Å². The van der Waals surface area contributed by atoms with Crippen LogP contribution in [0.15, 0.2) is 59.8 Å². The average molecular weight is 488 g/mol. The molecule has 1 aliphatic heterocycles. The largest absolute Gasteiger partial charge is 0.366 e. The van der Waals surface area contributed by atoms with E-state index >= 15 is 0 Å². The van der Waals surface area contributed by atoms with Gasteiger partial charge in [-0.15, -0.1) is 4.83 Å². The van der Waals surface area contributed by atoms with Crippen LogP contribution >= 0.6 is 0 Å². The second-order valence-electron chi connectivity index (χ2n) is 7.62. The fourth-order valence-corrected chi connectivity index (χ4v) is 4.46. The summed E-state index contributed by atoms with van der Waals surface area (Å²) in [4.78, 5) is 24.8. The van der Waals surface area contributed by atoms with Gasteiger partial charge in [0.05, 0.1) is 15.5 Å². The van der Waals surface area contributed by atoms with Crippen molar-refractivity contribution in [3.05, 3.63) is 76.4 Å². The minimum atomic E-state index is -4.00. The van der Waals surface area contributed by atoms with Gasteiger partial charge in [0, 0.05) is 26.2 Å². The Morgan fingerprint density at radius 3 is 2.29 bits per heavy atom. The Morgan fingerprint density at radius 1 is 1.00 bits per heavy atom. The zero-order valence-electron chi connectivity index (χ0n) is 18.2. The van der Waals surface area contributed by atoms with Crippen LogP contribution in [-0.2, 0) is 10.0 Å². The Morgan fingerprint density at radius 2 is 1.65 bits per heavy atom. The van der Waals surface area contributed by atoms with Crippen molar-refractivity contribution in [2.75, 3.05) is 41.4 Å². The van der Waals surface area contributed by atoms with Crippen LogP contribution in [0, 0.1) is 22.9 Å². The van der Waals surface area contributed by atoms with Gasteiger partial charge in [0.2, 0.25) is 11.6 Å². The molecule has 13 heteroatoms. The molecular weight excluding hydrogens is 465 g/mol. The zero-order valence-corrected chi connectivity index (χ0v) is 19.0. The van der Waals surface area contributed by atoms with Gasteiger partial charge in [-0.1, -0.05) is 29.8 Å². The first-order valence-electron chi connectivity index (χ1n) is 10.3. The van der Waals surface area contributed by atoms with E-state index in [4.69, 9.17) is 0 Å². The Labute approximate surface area is 195 Å². The lowest BCUT2D eigenvalue weighted by molar-refractivity contribution is -0.383. The van der Waals surface area contributed by atoms with Gasteiger partial charge in [-0.3, -0.25) is 15.5 Å². The maximum Gasteiger partial charge on any atom is 0.354 e. The molecule has 178 valence electrons. The summed E-state index contributed by atoms with van der Waals surface area (Å²) in [7, 11) is -4.00. The molecule has 0 bridgehead atoms. The molecule has 4 rings (SSSR count). The Balaban J connectivity index is 1.52. The number of nitrogens with one attached hydrogen (secondary N) is 2. The van der Waals surface area contributed by atoms with E-state index in [1.165, 1.54) is 18.2 Å². The van der Waals surface area contributed by atoms with Crippen LogP contribution in [0.4, 0.5) is 27.4 Å². The van der Waals surface area contributed by atoms with Crippen LogP contribution in [0.25, 0.3) is 0 Å². The molecule has 2 N–H and O–H groups in total. The second kappa shape index (κ2) is 9.57. The highest BCUT2D eigenvalue weighted by molar-refractivity contribution is 7.89. The first-order valence-corrected chi connectivity index (χ1v) is 11.8. The molecule has 2 aromatic carbocycles. The van der Waals surface area contributed by atoms with E-state index in [1.807, 2.05) is 11.8 Å². The molecule has 1 fully saturated rings. The van der Waals surface area contributed by atoms with Gasteiger partial charge in [-0.2, -0.15) is 0 Å². The van der Waals surface area contributed by atoms with Gasteiger partial charge >= 0.3 is 5.69 Å². The molecule has 0 unspecified atom stereocenters. The minimum absolute atomic E-state index is 0.00759. The Kier molecular flexibility index (Phi) is 6.56. The van der Waals surface area contributed by atoms with Gasteiger partial charge in [-0.05, 0) is 31.2 Å². The number of hydrogen-bond donors (Lipinski definition) is 2. The van der Waals surface area contributed by atoms with Gasteiger partial charge < -0.3 is 9.80 Å². The third kappa shape index (κ3) is 4.89. The van der Waals surface area contributed by atoms with E-state index in [-0.39, 0.29) is 22.3 Å². The molecule has 0 spiro atoms. The first-order chi connectivity index (χ1) is 16.3. The first kappa shape index (κ1) is 23.3.